The molecule has 3 rings (SSSR count). The van der Waals surface area contributed by atoms with Crippen LogP contribution < -0.4 is 0 Å². The van der Waals surface area contributed by atoms with Crippen molar-refractivity contribution < 1.29 is 0 Å². The highest BCUT2D eigenvalue weighted by atomic mass is 35.5. The van der Waals surface area contributed by atoms with E-state index < -0.39 is 0 Å². The Bertz CT molecular complexity index is 704. The second kappa shape index (κ2) is 6.10. The van der Waals surface area contributed by atoms with Gasteiger partial charge in [0.2, 0.25) is 0 Å². The highest BCUT2D eigenvalue weighted by Gasteiger charge is 2.15. The van der Waals surface area contributed by atoms with Gasteiger partial charge in [0.1, 0.15) is 12.4 Å². The van der Waals surface area contributed by atoms with E-state index in [2.05, 4.69) is 27.3 Å². The summed E-state index contributed by atoms with van der Waals surface area (Å²) >= 11 is 5.92. The molecule has 0 saturated heterocycles. The highest BCUT2D eigenvalue weighted by Crippen LogP contribution is 2.17. The summed E-state index contributed by atoms with van der Waals surface area (Å²) < 4.78 is 3.72. The molecular weight excluding hydrogens is 286 g/mol. The molecule has 21 heavy (non-hydrogen) atoms. The van der Waals surface area contributed by atoms with Gasteiger partial charge in [-0.2, -0.15) is 10.2 Å². The maximum absolute atomic E-state index is 5.92. The van der Waals surface area contributed by atoms with Crippen molar-refractivity contribution in [2.75, 3.05) is 0 Å². The summed E-state index contributed by atoms with van der Waals surface area (Å²) in [4.78, 5) is 4.36. The lowest BCUT2D eigenvalue weighted by Crippen LogP contribution is -2.16. The zero-order valence-electron chi connectivity index (χ0n) is 11.7. The number of hydrogen-bond acceptors (Lipinski definition) is 3. The van der Waals surface area contributed by atoms with Gasteiger partial charge in [-0.3, -0.25) is 4.68 Å². The lowest BCUT2D eigenvalue weighted by molar-refractivity contribution is 0.481. The molecule has 1 aromatic carbocycles. The fraction of sp³-hybridized carbons (Fsp3) is 0.267. The number of benzene rings is 1. The number of halogens is 1. The lowest BCUT2D eigenvalue weighted by Gasteiger charge is -2.13. The molecule has 0 unspecified atom stereocenters. The van der Waals surface area contributed by atoms with Crippen molar-refractivity contribution in [3.05, 3.63) is 65.5 Å². The van der Waals surface area contributed by atoms with Crippen molar-refractivity contribution in [1.29, 1.82) is 0 Å². The number of aryl methyl sites for hydroxylation is 2. The Kier molecular flexibility index (Phi) is 4.01. The Hall–Kier alpha value is -2.14. The summed E-state index contributed by atoms with van der Waals surface area (Å²) in [7, 11) is 0. The average molecular weight is 302 g/mol. The van der Waals surface area contributed by atoms with E-state index in [1.54, 1.807) is 23.4 Å². The summed E-state index contributed by atoms with van der Waals surface area (Å²) in [5.41, 5.74) is 1.29. The molecule has 6 heteroatoms. The molecule has 0 radical (unpaired) electrons. The Morgan fingerprint density at radius 2 is 2.00 bits per heavy atom. The van der Waals surface area contributed by atoms with E-state index in [-0.39, 0.29) is 6.04 Å². The van der Waals surface area contributed by atoms with E-state index in [4.69, 9.17) is 11.6 Å². The van der Waals surface area contributed by atoms with Gasteiger partial charge in [-0.05, 0) is 18.9 Å². The molecule has 0 spiro atoms. The molecule has 1 atom stereocenters. The first kappa shape index (κ1) is 13.8. The second-order valence-electron chi connectivity index (χ2n) is 4.89. The number of aromatic nitrogens is 5. The first-order valence-corrected chi connectivity index (χ1v) is 7.23. The van der Waals surface area contributed by atoms with Crippen LogP contribution in [0.25, 0.3) is 0 Å². The molecule has 2 aromatic heterocycles. The summed E-state index contributed by atoms with van der Waals surface area (Å²) in [5.74, 6) is 0.880. The third-order valence-corrected chi connectivity index (χ3v) is 3.64. The third kappa shape index (κ3) is 3.13. The van der Waals surface area contributed by atoms with Gasteiger partial charge in [-0.15, -0.1) is 0 Å². The van der Waals surface area contributed by atoms with Crippen molar-refractivity contribution in [1.82, 2.24) is 24.5 Å². The van der Waals surface area contributed by atoms with Gasteiger partial charge < -0.3 is 0 Å². The molecule has 0 aliphatic carbocycles. The van der Waals surface area contributed by atoms with E-state index in [1.165, 1.54) is 5.56 Å². The highest BCUT2D eigenvalue weighted by molar-refractivity contribution is 6.30. The van der Waals surface area contributed by atoms with Crippen LogP contribution in [0.4, 0.5) is 0 Å². The van der Waals surface area contributed by atoms with Crippen LogP contribution in [-0.4, -0.2) is 24.5 Å². The molecule has 2 heterocycles. The normalized spacial score (nSPS) is 12.5. The van der Waals surface area contributed by atoms with Crippen molar-refractivity contribution in [3.8, 4) is 0 Å². The van der Waals surface area contributed by atoms with Crippen LogP contribution >= 0.6 is 11.6 Å². The minimum atomic E-state index is -0.00391. The monoisotopic (exact) mass is 301 g/mol. The lowest BCUT2D eigenvalue weighted by atomic mass is 10.1. The summed E-state index contributed by atoms with van der Waals surface area (Å²) in [6, 6.07) is 10.3. The molecule has 0 fully saturated rings. The van der Waals surface area contributed by atoms with E-state index in [0.717, 1.165) is 18.8 Å². The largest absolute Gasteiger partial charge is 0.261 e. The van der Waals surface area contributed by atoms with Gasteiger partial charge in [0.25, 0.3) is 0 Å². The molecule has 0 amide bonds. The molecule has 5 nitrogen and oxygen atoms in total. The van der Waals surface area contributed by atoms with Crippen LogP contribution in [0.5, 0.6) is 0 Å². The van der Waals surface area contributed by atoms with Crippen LogP contribution in [0.15, 0.2) is 49.1 Å². The van der Waals surface area contributed by atoms with Crippen LogP contribution in [0.3, 0.4) is 0 Å². The second-order valence-corrected chi connectivity index (χ2v) is 5.33. The first-order valence-electron chi connectivity index (χ1n) is 6.85. The van der Waals surface area contributed by atoms with Gasteiger partial charge in [-0.1, -0.05) is 41.9 Å². The molecule has 0 N–H and O–H groups in total. The van der Waals surface area contributed by atoms with E-state index in [0.29, 0.717) is 5.02 Å². The van der Waals surface area contributed by atoms with Gasteiger partial charge in [0.05, 0.1) is 11.2 Å². The van der Waals surface area contributed by atoms with Crippen molar-refractivity contribution in [2.24, 2.45) is 0 Å². The van der Waals surface area contributed by atoms with E-state index in [9.17, 15) is 0 Å². The molecule has 108 valence electrons. The molecule has 0 aliphatic heterocycles. The standard InChI is InChI=1S/C15H16ClN5/c1-12(21-10-14(16)9-18-21)15-17-11-19-20(15)8-7-13-5-3-2-4-6-13/h2-6,9-12H,7-8H2,1H3/t12-/m0/s1. The van der Waals surface area contributed by atoms with Crippen LogP contribution in [-0.2, 0) is 13.0 Å². The number of hydrogen-bond donors (Lipinski definition) is 0. The number of nitrogens with zero attached hydrogens (tertiary/aromatic N) is 5. The number of rotatable bonds is 5. The Balaban J connectivity index is 1.74. The Morgan fingerprint density at radius 3 is 2.71 bits per heavy atom. The van der Waals surface area contributed by atoms with Gasteiger partial charge in [0.15, 0.2) is 5.82 Å². The van der Waals surface area contributed by atoms with Gasteiger partial charge in [0, 0.05) is 12.7 Å². The smallest absolute Gasteiger partial charge is 0.151 e. The minimum Gasteiger partial charge on any atom is -0.261 e. The molecule has 0 bridgehead atoms. The Morgan fingerprint density at radius 1 is 1.19 bits per heavy atom. The van der Waals surface area contributed by atoms with Crippen molar-refractivity contribution in [3.63, 3.8) is 0 Å². The Labute approximate surface area is 128 Å². The maximum atomic E-state index is 5.92. The van der Waals surface area contributed by atoms with Crippen LogP contribution in [0, 0.1) is 0 Å². The minimum absolute atomic E-state index is 0.00391. The SMILES string of the molecule is C[C@@H](c1ncnn1CCc1ccccc1)n1cc(Cl)cn1. The first-order chi connectivity index (χ1) is 10.2. The zero-order chi connectivity index (χ0) is 14.7. The van der Waals surface area contributed by atoms with E-state index >= 15 is 0 Å². The van der Waals surface area contributed by atoms with Crippen LogP contribution in [0.2, 0.25) is 5.02 Å². The van der Waals surface area contributed by atoms with Crippen LogP contribution in [0.1, 0.15) is 24.4 Å². The molecular formula is C15H16ClN5. The predicted molar refractivity (Wildman–Crippen MR) is 81.2 cm³/mol. The van der Waals surface area contributed by atoms with Gasteiger partial charge >= 0.3 is 0 Å². The molecule has 0 saturated carbocycles. The average Bonchev–Trinajstić information content (AvgIpc) is 3.14. The van der Waals surface area contributed by atoms with Gasteiger partial charge in [-0.25, -0.2) is 9.67 Å². The topological polar surface area (TPSA) is 48.5 Å². The fourth-order valence-corrected chi connectivity index (χ4v) is 2.44. The third-order valence-electron chi connectivity index (χ3n) is 3.44. The molecule has 3 aromatic rings. The predicted octanol–water partition coefficient (Wildman–Crippen LogP) is 2.98. The van der Waals surface area contributed by atoms with E-state index in [1.807, 2.05) is 29.8 Å². The van der Waals surface area contributed by atoms with Crippen molar-refractivity contribution >= 4 is 11.6 Å². The summed E-state index contributed by atoms with van der Waals surface area (Å²) in [6.07, 6.45) is 5.93. The maximum Gasteiger partial charge on any atom is 0.151 e. The van der Waals surface area contributed by atoms with Crippen molar-refractivity contribution in [2.45, 2.75) is 25.9 Å². The fourth-order valence-electron chi connectivity index (χ4n) is 2.29. The summed E-state index contributed by atoms with van der Waals surface area (Å²) in [5, 5.41) is 9.17. The zero-order valence-corrected chi connectivity index (χ0v) is 12.5. The quantitative estimate of drug-likeness (QED) is 0.728. The summed E-state index contributed by atoms with van der Waals surface area (Å²) in [6.45, 7) is 2.82. The molecule has 0 aliphatic rings.